The summed E-state index contributed by atoms with van der Waals surface area (Å²) in [6.45, 7) is 3.56. The summed E-state index contributed by atoms with van der Waals surface area (Å²) in [6.07, 6.45) is 5.21. The Morgan fingerprint density at radius 1 is 1.12 bits per heavy atom. The summed E-state index contributed by atoms with van der Waals surface area (Å²) in [5.74, 6) is 0.820. The number of likely N-dealkylation sites (tertiary alicyclic amines) is 1. The third kappa shape index (κ3) is 2.32. The molecule has 0 spiro atoms. The Morgan fingerprint density at radius 3 is 2.46 bits per heavy atom. The second-order valence-electron chi connectivity index (χ2n) is 7.53. The van der Waals surface area contributed by atoms with Gasteiger partial charge in [-0.2, -0.15) is 0 Å². The van der Waals surface area contributed by atoms with Gasteiger partial charge in [0.15, 0.2) is 14.6 Å². The van der Waals surface area contributed by atoms with Crippen molar-refractivity contribution in [2.75, 3.05) is 13.1 Å². The number of allylic oxidation sites excluding steroid dienone is 2. The van der Waals surface area contributed by atoms with Gasteiger partial charge in [-0.05, 0) is 56.6 Å². The van der Waals surface area contributed by atoms with Crippen molar-refractivity contribution >= 4 is 15.7 Å². The molecule has 1 heterocycles. The van der Waals surface area contributed by atoms with E-state index in [2.05, 4.69) is 13.0 Å². The predicted octanol–water partition coefficient (Wildman–Crippen LogP) is 2.81. The molecule has 1 amide bonds. The first-order chi connectivity index (χ1) is 11.4. The van der Waals surface area contributed by atoms with E-state index in [-0.39, 0.29) is 10.8 Å². The van der Waals surface area contributed by atoms with Crippen LogP contribution in [-0.4, -0.2) is 37.1 Å². The van der Waals surface area contributed by atoms with E-state index in [4.69, 9.17) is 0 Å². The van der Waals surface area contributed by atoms with E-state index in [9.17, 15) is 13.2 Å². The SMILES string of the molecule is CC1=CC[C@@H]2CN(C(=O)C3(S(=O)(=O)c4ccccc4)CC3)C[C@@H]2C1. The molecule has 1 saturated heterocycles. The van der Waals surface area contributed by atoms with E-state index < -0.39 is 14.6 Å². The lowest BCUT2D eigenvalue weighted by Crippen LogP contribution is -2.44. The van der Waals surface area contributed by atoms with Gasteiger partial charge in [0, 0.05) is 13.1 Å². The third-order valence-corrected chi connectivity index (χ3v) is 8.38. The van der Waals surface area contributed by atoms with Gasteiger partial charge in [0.05, 0.1) is 4.90 Å². The van der Waals surface area contributed by atoms with Gasteiger partial charge in [0.25, 0.3) is 0 Å². The first-order valence-electron chi connectivity index (χ1n) is 8.69. The average Bonchev–Trinajstić information content (AvgIpc) is 3.30. The van der Waals surface area contributed by atoms with Gasteiger partial charge in [-0.15, -0.1) is 0 Å². The van der Waals surface area contributed by atoms with Gasteiger partial charge in [0.2, 0.25) is 5.91 Å². The van der Waals surface area contributed by atoms with E-state index in [0.29, 0.717) is 37.8 Å². The minimum Gasteiger partial charge on any atom is -0.341 e. The Hall–Kier alpha value is -1.62. The van der Waals surface area contributed by atoms with Crippen LogP contribution in [0, 0.1) is 11.8 Å². The maximum Gasteiger partial charge on any atom is 0.244 e. The van der Waals surface area contributed by atoms with Crippen LogP contribution in [0.1, 0.15) is 32.6 Å². The zero-order chi connectivity index (χ0) is 16.9. The second kappa shape index (κ2) is 5.45. The Morgan fingerprint density at radius 2 is 1.79 bits per heavy atom. The largest absolute Gasteiger partial charge is 0.341 e. The number of carbonyl (C=O) groups excluding carboxylic acids is 1. The topological polar surface area (TPSA) is 54.5 Å². The monoisotopic (exact) mass is 345 g/mol. The fraction of sp³-hybridized carbons (Fsp3) is 0.526. The molecule has 4 nitrogen and oxygen atoms in total. The highest BCUT2D eigenvalue weighted by Crippen LogP contribution is 2.49. The van der Waals surface area contributed by atoms with Crippen LogP contribution >= 0.6 is 0 Å². The molecule has 0 N–H and O–H groups in total. The predicted molar refractivity (Wildman–Crippen MR) is 92.1 cm³/mol. The summed E-state index contributed by atoms with van der Waals surface area (Å²) in [5, 5.41) is 0. The van der Waals surface area contributed by atoms with Crippen molar-refractivity contribution in [1.29, 1.82) is 0 Å². The Bertz CT molecular complexity index is 793. The van der Waals surface area contributed by atoms with E-state index in [1.54, 1.807) is 30.3 Å². The van der Waals surface area contributed by atoms with Crippen LogP contribution in [0.2, 0.25) is 0 Å². The molecule has 0 aromatic heterocycles. The average molecular weight is 345 g/mol. The van der Waals surface area contributed by atoms with Gasteiger partial charge in [-0.25, -0.2) is 8.42 Å². The summed E-state index contributed by atoms with van der Waals surface area (Å²) >= 11 is 0. The number of sulfone groups is 1. The number of benzene rings is 1. The van der Waals surface area contributed by atoms with Crippen LogP contribution in [-0.2, 0) is 14.6 Å². The molecular formula is C19H23NO3S. The van der Waals surface area contributed by atoms with Crippen molar-refractivity contribution in [3.05, 3.63) is 42.0 Å². The molecule has 1 aliphatic heterocycles. The number of nitrogens with zero attached hydrogens (tertiary/aromatic N) is 1. The molecule has 2 fully saturated rings. The van der Waals surface area contributed by atoms with Crippen molar-refractivity contribution in [1.82, 2.24) is 4.90 Å². The summed E-state index contributed by atoms with van der Waals surface area (Å²) in [4.78, 5) is 15.2. The maximum absolute atomic E-state index is 13.1. The molecule has 0 radical (unpaired) electrons. The number of fused-ring (bicyclic) bond motifs is 1. The molecule has 1 aromatic rings. The van der Waals surface area contributed by atoms with Crippen molar-refractivity contribution < 1.29 is 13.2 Å². The van der Waals surface area contributed by atoms with Gasteiger partial charge in [-0.1, -0.05) is 29.8 Å². The lowest BCUT2D eigenvalue weighted by Gasteiger charge is -2.23. The fourth-order valence-corrected chi connectivity index (χ4v) is 6.24. The Balaban J connectivity index is 1.57. The molecule has 1 aromatic carbocycles. The zero-order valence-electron chi connectivity index (χ0n) is 13.9. The van der Waals surface area contributed by atoms with Gasteiger partial charge >= 0.3 is 0 Å². The molecular weight excluding hydrogens is 322 g/mol. The lowest BCUT2D eigenvalue weighted by atomic mass is 9.83. The second-order valence-corrected chi connectivity index (χ2v) is 9.79. The fourth-order valence-electron chi connectivity index (χ4n) is 4.28. The third-order valence-electron chi connectivity index (χ3n) is 5.88. The van der Waals surface area contributed by atoms with Crippen LogP contribution in [0.15, 0.2) is 46.9 Å². The number of amides is 1. The minimum atomic E-state index is -3.61. The quantitative estimate of drug-likeness (QED) is 0.792. The molecule has 2 atom stereocenters. The number of hydrogen-bond acceptors (Lipinski definition) is 3. The molecule has 3 aliphatic rings. The van der Waals surface area contributed by atoms with Gasteiger partial charge < -0.3 is 4.90 Å². The molecule has 24 heavy (non-hydrogen) atoms. The summed E-state index contributed by atoms with van der Waals surface area (Å²) in [6, 6.07) is 8.42. The summed E-state index contributed by atoms with van der Waals surface area (Å²) < 4.78 is 24.8. The summed E-state index contributed by atoms with van der Waals surface area (Å²) in [7, 11) is -3.61. The number of rotatable bonds is 3. The van der Waals surface area contributed by atoms with Crippen LogP contribution in [0.5, 0.6) is 0 Å². The van der Waals surface area contributed by atoms with Crippen molar-refractivity contribution in [2.45, 2.75) is 42.2 Å². The smallest absolute Gasteiger partial charge is 0.244 e. The molecule has 5 heteroatoms. The minimum absolute atomic E-state index is 0.168. The molecule has 128 valence electrons. The van der Waals surface area contributed by atoms with Crippen LogP contribution in [0.3, 0.4) is 0 Å². The van der Waals surface area contributed by atoms with E-state index in [1.807, 2.05) is 4.90 Å². The highest BCUT2D eigenvalue weighted by molar-refractivity contribution is 7.94. The lowest BCUT2D eigenvalue weighted by molar-refractivity contribution is -0.130. The van der Waals surface area contributed by atoms with Crippen LogP contribution < -0.4 is 0 Å². The van der Waals surface area contributed by atoms with E-state index in [0.717, 1.165) is 12.8 Å². The van der Waals surface area contributed by atoms with Crippen LogP contribution in [0.25, 0.3) is 0 Å². The molecule has 4 rings (SSSR count). The first kappa shape index (κ1) is 15.9. The van der Waals surface area contributed by atoms with E-state index >= 15 is 0 Å². The maximum atomic E-state index is 13.1. The number of hydrogen-bond donors (Lipinski definition) is 0. The first-order valence-corrected chi connectivity index (χ1v) is 10.2. The van der Waals surface area contributed by atoms with Crippen molar-refractivity contribution in [3.63, 3.8) is 0 Å². The molecule has 1 saturated carbocycles. The highest BCUT2D eigenvalue weighted by atomic mass is 32.2. The van der Waals surface area contributed by atoms with Crippen molar-refractivity contribution in [2.24, 2.45) is 11.8 Å². The zero-order valence-corrected chi connectivity index (χ0v) is 14.8. The highest BCUT2D eigenvalue weighted by Gasteiger charge is 2.63. The standard InChI is InChI=1S/C19H23NO3S/c1-14-7-8-15-12-20(13-16(15)11-14)18(21)19(9-10-19)24(22,23)17-5-3-2-4-6-17/h2-7,15-16H,8-13H2,1H3/t15-,16+/m1/s1. The number of carbonyl (C=O) groups is 1. The normalized spacial score (nSPS) is 28.2. The van der Waals surface area contributed by atoms with E-state index in [1.165, 1.54) is 5.57 Å². The van der Waals surface area contributed by atoms with Crippen molar-refractivity contribution in [3.8, 4) is 0 Å². The Kier molecular flexibility index (Phi) is 3.60. The van der Waals surface area contributed by atoms with Gasteiger partial charge in [0.1, 0.15) is 0 Å². The molecule has 0 unspecified atom stereocenters. The summed E-state index contributed by atoms with van der Waals surface area (Å²) in [5.41, 5.74) is 1.39. The Labute approximate surface area is 143 Å². The molecule has 2 aliphatic carbocycles. The van der Waals surface area contributed by atoms with Gasteiger partial charge in [-0.3, -0.25) is 4.79 Å². The molecule has 0 bridgehead atoms. The van der Waals surface area contributed by atoms with Crippen LogP contribution in [0.4, 0.5) is 0 Å².